The van der Waals surface area contributed by atoms with Gasteiger partial charge in [0.15, 0.2) is 9.84 Å². The molecule has 25 heavy (non-hydrogen) atoms. The number of amides is 3. The molecular weight excluding hydrogens is 342 g/mol. The molecule has 1 aromatic rings. The number of carbonyl (C=O) groups is 2. The molecule has 2 atom stereocenters. The number of sulfone groups is 1. The van der Waals surface area contributed by atoms with Crippen molar-refractivity contribution in [1.29, 1.82) is 0 Å². The molecule has 7 nitrogen and oxygen atoms in total. The van der Waals surface area contributed by atoms with Gasteiger partial charge in [-0.25, -0.2) is 13.2 Å². The second-order valence-corrected chi connectivity index (χ2v) is 8.87. The van der Waals surface area contributed by atoms with Gasteiger partial charge in [0.25, 0.3) is 0 Å². The normalized spacial score (nSPS) is 20.0. The highest BCUT2D eigenvalue weighted by Gasteiger charge is 2.30. The Morgan fingerprint density at radius 1 is 1.20 bits per heavy atom. The number of hydrogen-bond donors (Lipinski definition) is 3. The lowest BCUT2D eigenvalue weighted by Gasteiger charge is -2.23. The fraction of sp³-hybridized carbons (Fsp3) is 0.529. The first-order valence-electron chi connectivity index (χ1n) is 8.36. The molecule has 3 N–H and O–H groups in total. The van der Waals surface area contributed by atoms with Gasteiger partial charge in [-0.15, -0.1) is 0 Å². The maximum Gasteiger partial charge on any atom is 0.315 e. The van der Waals surface area contributed by atoms with Crippen LogP contribution in [0.1, 0.15) is 25.8 Å². The van der Waals surface area contributed by atoms with Gasteiger partial charge < -0.3 is 16.0 Å². The Morgan fingerprint density at radius 2 is 1.88 bits per heavy atom. The molecule has 1 aliphatic rings. The largest absolute Gasteiger partial charge is 0.350 e. The van der Waals surface area contributed by atoms with Gasteiger partial charge in [-0.1, -0.05) is 44.2 Å². The summed E-state index contributed by atoms with van der Waals surface area (Å²) in [6.07, 6.45) is 0.405. The van der Waals surface area contributed by atoms with Crippen LogP contribution in [0, 0.1) is 5.92 Å². The summed E-state index contributed by atoms with van der Waals surface area (Å²) in [4.78, 5) is 24.5. The highest BCUT2D eigenvalue weighted by Crippen LogP contribution is 2.11. The first kappa shape index (κ1) is 19.2. The van der Waals surface area contributed by atoms with Crippen molar-refractivity contribution >= 4 is 21.8 Å². The maximum atomic E-state index is 12.4. The van der Waals surface area contributed by atoms with E-state index in [9.17, 15) is 18.0 Å². The van der Waals surface area contributed by atoms with Crippen LogP contribution in [0.4, 0.5) is 4.79 Å². The van der Waals surface area contributed by atoms with Gasteiger partial charge in [0, 0.05) is 12.6 Å². The predicted octanol–water partition coefficient (Wildman–Crippen LogP) is 0.814. The van der Waals surface area contributed by atoms with Crippen molar-refractivity contribution in [2.45, 2.75) is 38.9 Å². The van der Waals surface area contributed by atoms with Crippen molar-refractivity contribution in [3.05, 3.63) is 35.9 Å². The SMILES string of the molecule is CC(C)[C@H](NC(=O)N[C@@H]1CCS(=O)(=O)C1)C(=O)NCc1ccccc1. The number of nitrogens with one attached hydrogen (secondary N) is 3. The molecule has 1 aromatic carbocycles. The molecule has 8 heteroatoms. The van der Waals surface area contributed by atoms with Crippen molar-refractivity contribution in [1.82, 2.24) is 16.0 Å². The van der Waals surface area contributed by atoms with E-state index in [1.165, 1.54) is 0 Å². The van der Waals surface area contributed by atoms with E-state index < -0.39 is 28.0 Å². The Morgan fingerprint density at radius 3 is 2.44 bits per heavy atom. The Labute approximate surface area is 148 Å². The van der Waals surface area contributed by atoms with Crippen molar-refractivity contribution in [2.75, 3.05) is 11.5 Å². The molecule has 1 aliphatic heterocycles. The molecule has 0 unspecified atom stereocenters. The number of carbonyl (C=O) groups excluding carboxylic acids is 2. The Hall–Kier alpha value is -2.09. The van der Waals surface area contributed by atoms with Crippen LogP contribution in [-0.2, 0) is 21.2 Å². The highest BCUT2D eigenvalue weighted by molar-refractivity contribution is 7.91. The molecule has 1 fully saturated rings. The summed E-state index contributed by atoms with van der Waals surface area (Å²) in [5.74, 6) is -0.335. The first-order chi connectivity index (χ1) is 11.8. The summed E-state index contributed by atoms with van der Waals surface area (Å²) < 4.78 is 22.9. The van der Waals surface area contributed by atoms with Gasteiger partial charge in [0.2, 0.25) is 5.91 Å². The van der Waals surface area contributed by atoms with E-state index in [1.807, 2.05) is 44.2 Å². The molecule has 0 bridgehead atoms. The van der Waals surface area contributed by atoms with Crippen LogP contribution in [0.15, 0.2) is 30.3 Å². The lowest BCUT2D eigenvalue weighted by Crippen LogP contribution is -2.54. The zero-order valence-electron chi connectivity index (χ0n) is 14.5. The van der Waals surface area contributed by atoms with Crippen LogP contribution in [0.3, 0.4) is 0 Å². The summed E-state index contributed by atoms with van der Waals surface area (Å²) in [6.45, 7) is 4.06. The number of benzene rings is 1. The standard InChI is InChI=1S/C17H25N3O4S/c1-12(2)15(16(21)18-10-13-6-4-3-5-7-13)20-17(22)19-14-8-9-25(23,24)11-14/h3-7,12,14-15H,8-11H2,1-2H3,(H,18,21)(H2,19,20,22)/t14-,15+/m1/s1. The van der Waals surface area contributed by atoms with Crippen LogP contribution < -0.4 is 16.0 Å². The lowest BCUT2D eigenvalue weighted by molar-refractivity contribution is -0.124. The fourth-order valence-corrected chi connectivity index (χ4v) is 4.38. The quantitative estimate of drug-likeness (QED) is 0.692. The number of rotatable bonds is 6. The van der Waals surface area contributed by atoms with E-state index in [-0.39, 0.29) is 23.3 Å². The minimum atomic E-state index is -3.06. The van der Waals surface area contributed by atoms with Crippen LogP contribution >= 0.6 is 0 Å². The monoisotopic (exact) mass is 367 g/mol. The molecule has 1 heterocycles. The molecule has 0 spiro atoms. The summed E-state index contributed by atoms with van der Waals surface area (Å²) in [6, 6.07) is 7.89. The highest BCUT2D eigenvalue weighted by atomic mass is 32.2. The van der Waals surface area contributed by atoms with Gasteiger partial charge in [0.1, 0.15) is 6.04 Å². The summed E-state index contributed by atoms with van der Waals surface area (Å²) in [5.41, 5.74) is 0.971. The Bertz CT molecular complexity index is 704. The molecule has 0 aliphatic carbocycles. The maximum absolute atomic E-state index is 12.4. The molecule has 138 valence electrons. The van der Waals surface area contributed by atoms with Crippen molar-refractivity contribution in [3.63, 3.8) is 0 Å². The minimum absolute atomic E-state index is 0.0486. The van der Waals surface area contributed by atoms with Crippen LogP contribution in [0.2, 0.25) is 0 Å². The van der Waals surface area contributed by atoms with E-state index in [4.69, 9.17) is 0 Å². The van der Waals surface area contributed by atoms with Crippen LogP contribution in [-0.4, -0.2) is 43.9 Å². The smallest absolute Gasteiger partial charge is 0.315 e. The second-order valence-electron chi connectivity index (χ2n) is 6.64. The van der Waals surface area contributed by atoms with Crippen molar-refractivity contribution in [3.8, 4) is 0 Å². The van der Waals surface area contributed by atoms with E-state index in [0.29, 0.717) is 13.0 Å². The van der Waals surface area contributed by atoms with Gasteiger partial charge in [0.05, 0.1) is 11.5 Å². The van der Waals surface area contributed by atoms with E-state index in [0.717, 1.165) is 5.56 Å². The topological polar surface area (TPSA) is 104 Å². The molecule has 0 radical (unpaired) electrons. The van der Waals surface area contributed by atoms with Crippen LogP contribution in [0.25, 0.3) is 0 Å². The molecule has 3 amide bonds. The van der Waals surface area contributed by atoms with E-state index in [2.05, 4.69) is 16.0 Å². The molecule has 0 aromatic heterocycles. The van der Waals surface area contributed by atoms with Crippen molar-refractivity contribution < 1.29 is 18.0 Å². The zero-order valence-corrected chi connectivity index (χ0v) is 15.3. The minimum Gasteiger partial charge on any atom is -0.350 e. The third-order valence-corrected chi connectivity index (χ3v) is 5.88. The van der Waals surface area contributed by atoms with Crippen LogP contribution in [0.5, 0.6) is 0 Å². The van der Waals surface area contributed by atoms with E-state index in [1.54, 1.807) is 0 Å². The summed E-state index contributed by atoms with van der Waals surface area (Å²) >= 11 is 0. The predicted molar refractivity (Wildman–Crippen MR) is 95.6 cm³/mol. The Kier molecular flexibility index (Phi) is 6.41. The molecular formula is C17H25N3O4S. The molecule has 0 saturated carbocycles. The van der Waals surface area contributed by atoms with Gasteiger partial charge in [-0.05, 0) is 17.9 Å². The third kappa shape index (κ3) is 6.04. The van der Waals surface area contributed by atoms with Crippen molar-refractivity contribution in [2.24, 2.45) is 5.92 Å². The average molecular weight is 367 g/mol. The Balaban J connectivity index is 1.86. The second kappa shape index (κ2) is 8.33. The van der Waals surface area contributed by atoms with Gasteiger partial charge >= 0.3 is 6.03 Å². The third-order valence-electron chi connectivity index (χ3n) is 4.11. The molecule has 2 rings (SSSR count). The summed E-state index contributed by atoms with van der Waals surface area (Å²) in [7, 11) is -3.06. The van der Waals surface area contributed by atoms with Gasteiger partial charge in [-0.3, -0.25) is 4.79 Å². The number of hydrogen-bond acceptors (Lipinski definition) is 4. The first-order valence-corrected chi connectivity index (χ1v) is 10.2. The average Bonchev–Trinajstić information content (AvgIpc) is 2.89. The lowest BCUT2D eigenvalue weighted by atomic mass is 10.0. The zero-order chi connectivity index (χ0) is 18.4. The number of urea groups is 1. The van der Waals surface area contributed by atoms with E-state index >= 15 is 0 Å². The fourth-order valence-electron chi connectivity index (χ4n) is 2.71. The summed E-state index contributed by atoms with van der Waals surface area (Å²) in [5, 5.41) is 8.10. The van der Waals surface area contributed by atoms with Gasteiger partial charge in [-0.2, -0.15) is 0 Å². The molecule has 1 saturated heterocycles.